The van der Waals surface area contributed by atoms with Gasteiger partial charge in [0.05, 0.1) is 11.9 Å². The van der Waals surface area contributed by atoms with Crippen LogP contribution in [-0.2, 0) is 14.8 Å². The Morgan fingerprint density at radius 2 is 2.21 bits per heavy atom. The second kappa shape index (κ2) is 5.05. The smallest absolute Gasteiger partial charge is 0.229 e. The minimum absolute atomic E-state index is 0.0291. The van der Waals surface area contributed by atoms with Crippen LogP contribution < -0.4 is 9.62 Å². The standard InChI is InChI=1S/C13H16N2O3S/c1-3-10-7-13(16)15(9-10)12-6-4-5-11(8-12)14-19(2,17)18/h3-6,8,10,14H,1,7,9H2,2H3. The molecule has 2 rings (SSSR count). The first-order valence-corrected chi connectivity index (χ1v) is 7.79. The van der Waals surface area contributed by atoms with Crippen LogP contribution in [0.2, 0.25) is 0 Å². The maximum absolute atomic E-state index is 11.9. The maximum atomic E-state index is 11.9. The zero-order valence-electron chi connectivity index (χ0n) is 10.7. The highest BCUT2D eigenvalue weighted by atomic mass is 32.2. The molecule has 0 aliphatic carbocycles. The third kappa shape index (κ3) is 3.35. The van der Waals surface area contributed by atoms with Gasteiger partial charge in [0.2, 0.25) is 15.9 Å². The van der Waals surface area contributed by atoms with Crippen molar-refractivity contribution < 1.29 is 13.2 Å². The lowest BCUT2D eigenvalue weighted by Crippen LogP contribution is -2.24. The predicted molar refractivity (Wildman–Crippen MR) is 75.6 cm³/mol. The summed E-state index contributed by atoms with van der Waals surface area (Å²) in [5.41, 5.74) is 1.15. The first-order valence-electron chi connectivity index (χ1n) is 5.90. The molecular formula is C13H16N2O3S. The molecule has 5 nitrogen and oxygen atoms in total. The number of nitrogens with one attached hydrogen (secondary N) is 1. The molecule has 1 fully saturated rings. The number of carbonyl (C=O) groups excluding carboxylic acids is 1. The molecule has 6 heteroatoms. The van der Waals surface area contributed by atoms with Crippen LogP contribution in [0.1, 0.15) is 6.42 Å². The highest BCUT2D eigenvalue weighted by Gasteiger charge is 2.28. The number of hydrogen-bond acceptors (Lipinski definition) is 3. The fourth-order valence-electron chi connectivity index (χ4n) is 2.09. The molecule has 19 heavy (non-hydrogen) atoms. The average Bonchev–Trinajstić information content (AvgIpc) is 2.69. The van der Waals surface area contributed by atoms with Crippen LogP contribution in [0.25, 0.3) is 0 Å². The summed E-state index contributed by atoms with van der Waals surface area (Å²) >= 11 is 0. The van der Waals surface area contributed by atoms with Gasteiger partial charge in [-0.05, 0) is 18.2 Å². The minimum atomic E-state index is -3.32. The summed E-state index contributed by atoms with van der Waals surface area (Å²) in [6.07, 6.45) is 3.32. The summed E-state index contributed by atoms with van der Waals surface area (Å²) in [5, 5.41) is 0. The van der Waals surface area contributed by atoms with Crippen molar-refractivity contribution in [1.29, 1.82) is 0 Å². The Morgan fingerprint density at radius 1 is 1.47 bits per heavy atom. The second-order valence-electron chi connectivity index (χ2n) is 4.63. The summed E-state index contributed by atoms with van der Waals surface area (Å²) in [4.78, 5) is 13.5. The van der Waals surface area contributed by atoms with Crippen LogP contribution in [0, 0.1) is 5.92 Å². The van der Waals surface area contributed by atoms with E-state index in [-0.39, 0.29) is 11.8 Å². The van der Waals surface area contributed by atoms with Gasteiger partial charge in [-0.2, -0.15) is 0 Å². The fourth-order valence-corrected chi connectivity index (χ4v) is 2.65. The molecule has 1 amide bonds. The molecule has 0 spiro atoms. The summed E-state index contributed by atoms with van der Waals surface area (Å²) in [7, 11) is -3.32. The number of anilines is 2. The number of rotatable bonds is 4. The van der Waals surface area contributed by atoms with Gasteiger partial charge in [0.15, 0.2) is 0 Å². The zero-order valence-corrected chi connectivity index (χ0v) is 11.5. The number of nitrogens with zero attached hydrogens (tertiary/aromatic N) is 1. The first kappa shape index (κ1) is 13.6. The van der Waals surface area contributed by atoms with Gasteiger partial charge in [0.1, 0.15) is 0 Å². The zero-order chi connectivity index (χ0) is 14.0. The maximum Gasteiger partial charge on any atom is 0.229 e. The van der Waals surface area contributed by atoms with Crippen LogP contribution >= 0.6 is 0 Å². The van der Waals surface area contributed by atoms with Crippen LogP contribution in [0.3, 0.4) is 0 Å². The molecule has 102 valence electrons. The van der Waals surface area contributed by atoms with Crippen LogP contribution in [-0.4, -0.2) is 27.1 Å². The molecule has 1 unspecified atom stereocenters. The lowest BCUT2D eigenvalue weighted by Gasteiger charge is -2.17. The first-order chi connectivity index (χ1) is 8.89. The predicted octanol–water partition coefficient (Wildman–Crippen LogP) is 1.60. The Labute approximate surface area is 113 Å². The van der Waals surface area contributed by atoms with E-state index in [4.69, 9.17) is 0 Å². The summed E-state index contributed by atoms with van der Waals surface area (Å²) in [6.45, 7) is 4.29. The molecule has 1 saturated heterocycles. The van der Waals surface area contributed by atoms with Gasteiger partial charge in [-0.3, -0.25) is 9.52 Å². The highest BCUT2D eigenvalue weighted by Crippen LogP contribution is 2.27. The van der Waals surface area contributed by atoms with Crippen molar-refractivity contribution >= 4 is 27.3 Å². The molecule has 1 heterocycles. The third-order valence-corrected chi connectivity index (χ3v) is 3.56. The largest absolute Gasteiger partial charge is 0.312 e. The Kier molecular flexibility index (Phi) is 3.61. The average molecular weight is 280 g/mol. The van der Waals surface area contributed by atoms with E-state index in [1.165, 1.54) is 0 Å². The lowest BCUT2D eigenvalue weighted by molar-refractivity contribution is -0.117. The Hall–Kier alpha value is -1.82. The van der Waals surface area contributed by atoms with Crippen LogP contribution in [0.15, 0.2) is 36.9 Å². The van der Waals surface area contributed by atoms with E-state index in [1.54, 1.807) is 35.2 Å². The van der Waals surface area contributed by atoms with Crippen molar-refractivity contribution in [2.24, 2.45) is 5.92 Å². The molecule has 1 aliphatic rings. The van der Waals surface area contributed by atoms with E-state index in [9.17, 15) is 13.2 Å². The molecule has 1 aromatic carbocycles. The van der Waals surface area contributed by atoms with Crippen molar-refractivity contribution in [2.75, 3.05) is 22.4 Å². The van der Waals surface area contributed by atoms with Gasteiger partial charge in [0, 0.05) is 24.6 Å². The Morgan fingerprint density at radius 3 is 2.79 bits per heavy atom. The Balaban J connectivity index is 2.24. The highest BCUT2D eigenvalue weighted by molar-refractivity contribution is 7.92. The third-order valence-electron chi connectivity index (χ3n) is 2.95. The van der Waals surface area contributed by atoms with Crippen molar-refractivity contribution in [3.8, 4) is 0 Å². The summed E-state index contributed by atoms with van der Waals surface area (Å²) < 4.78 is 24.8. The molecule has 0 aromatic heterocycles. The van der Waals surface area contributed by atoms with Gasteiger partial charge in [-0.1, -0.05) is 12.1 Å². The van der Waals surface area contributed by atoms with Crippen LogP contribution in [0.5, 0.6) is 0 Å². The molecule has 1 aromatic rings. The Bertz CT molecular complexity index is 610. The fraction of sp³-hybridized carbons (Fsp3) is 0.308. The van der Waals surface area contributed by atoms with E-state index in [0.717, 1.165) is 6.26 Å². The van der Waals surface area contributed by atoms with Crippen molar-refractivity contribution in [3.63, 3.8) is 0 Å². The summed E-state index contributed by atoms with van der Waals surface area (Å²) in [5.74, 6) is 0.181. The van der Waals surface area contributed by atoms with Gasteiger partial charge >= 0.3 is 0 Å². The normalized spacial score (nSPS) is 19.5. The molecule has 1 N–H and O–H groups in total. The molecule has 1 atom stereocenters. The van der Waals surface area contributed by atoms with E-state index in [2.05, 4.69) is 11.3 Å². The molecule has 0 radical (unpaired) electrons. The minimum Gasteiger partial charge on any atom is -0.312 e. The van der Waals surface area contributed by atoms with E-state index >= 15 is 0 Å². The van der Waals surface area contributed by atoms with E-state index in [0.29, 0.717) is 24.3 Å². The molecule has 1 aliphatic heterocycles. The number of amides is 1. The number of benzene rings is 1. The molecule has 0 bridgehead atoms. The van der Waals surface area contributed by atoms with Gasteiger partial charge in [-0.25, -0.2) is 8.42 Å². The quantitative estimate of drug-likeness (QED) is 0.852. The number of hydrogen-bond donors (Lipinski definition) is 1. The van der Waals surface area contributed by atoms with Crippen molar-refractivity contribution in [2.45, 2.75) is 6.42 Å². The van der Waals surface area contributed by atoms with Crippen molar-refractivity contribution in [3.05, 3.63) is 36.9 Å². The van der Waals surface area contributed by atoms with Gasteiger partial charge in [0.25, 0.3) is 0 Å². The SMILES string of the molecule is C=CC1CC(=O)N(c2cccc(NS(C)(=O)=O)c2)C1. The van der Waals surface area contributed by atoms with E-state index in [1.807, 2.05) is 0 Å². The van der Waals surface area contributed by atoms with Gasteiger partial charge in [-0.15, -0.1) is 6.58 Å². The topological polar surface area (TPSA) is 66.5 Å². The molecule has 0 saturated carbocycles. The number of carbonyl (C=O) groups is 1. The molecular weight excluding hydrogens is 264 g/mol. The van der Waals surface area contributed by atoms with Gasteiger partial charge < -0.3 is 4.90 Å². The monoisotopic (exact) mass is 280 g/mol. The lowest BCUT2D eigenvalue weighted by atomic mass is 10.1. The second-order valence-corrected chi connectivity index (χ2v) is 6.38. The van der Waals surface area contributed by atoms with Crippen LogP contribution in [0.4, 0.5) is 11.4 Å². The summed E-state index contributed by atoms with van der Waals surface area (Å²) in [6, 6.07) is 6.81. The van der Waals surface area contributed by atoms with Crippen molar-refractivity contribution in [1.82, 2.24) is 0 Å². The van der Waals surface area contributed by atoms with E-state index < -0.39 is 10.0 Å². The number of sulfonamides is 1.